The first kappa shape index (κ1) is 21.9. The molecule has 1 atom stereocenters. The fourth-order valence-corrected chi connectivity index (χ4v) is 6.07. The molecule has 1 saturated carbocycles. The minimum atomic E-state index is -3.27. The molecule has 33 heavy (non-hydrogen) atoms. The molecule has 2 N–H and O–H groups in total. The number of aryl methyl sites for hydroxylation is 1. The Kier molecular flexibility index (Phi) is 5.62. The number of H-pyrrole nitrogens is 1. The number of aromatic amines is 1. The summed E-state index contributed by atoms with van der Waals surface area (Å²) in [6.45, 7) is 6.98. The number of hydrogen-bond acceptors (Lipinski definition) is 5. The van der Waals surface area contributed by atoms with Gasteiger partial charge in [0.1, 0.15) is 17.6 Å². The molecule has 2 heterocycles. The van der Waals surface area contributed by atoms with E-state index >= 15 is 0 Å². The molecule has 0 amide bonds. The molecule has 2 aromatic carbocycles. The van der Waals surface area contributed by atoms with Crippen molar-refractivity contribution in [3.8, 4) is 16.9 Å². The first-order valence-electron chi connectivity index (χ1n) is 11.6. The van der Waals surface area contributed by atoms with E-state index in [0.29, 0.717) is 4.90 Å². The SMILES string of the molecule is CCNC(CC)Oc1ccc(-c2cccc(S(=O)(=O)C3CC3)c2)c2c1[nH]c1ncc(C)cc12. The monoisotopic (exact) mass is 463 g/mol. The van der Waals surface area contributed by atoms with Crippen molar-refractivity contribution in [2.75, 3.05) is 6.54 Å². The maximum absolute atomic E-state index is 12.9. The van der Waals surface area contributed by atoms with Gasteiger partial charge in [0.2, 0.25) is 0 Å². The Hall–Kier alpha value is -2.90. The van der Waals surface area contributed by atoms with Crippen LogP contribution in [0.3, 0.4) is 0 Å². The second-order valence-electron chi connectivity index (χ2n) is 8.74. The molecule has 1 aliphatic carbocycles. The van der Waals surface area contributed by atoms with Crippen LogP contribution in [0.25, 0.3) is 33.1 Å². The second-order valence-corrected chi connectivity index (χ2v) is 11.0. The van der Waals surface area contributed by atoms with E-state index in [2.05, 4.69) is 35.2 Å². The van der Waals surface area contributed by atoms with E-state index in [9.17, 15) is 8.42 Å². The summed E-state index contributed by atoms with van der Waals surface area (Å²) in [5.74, 6) is 0.749. The summed E-state index contributed by atoms with van der Waals surface area (Å²) in [5.41, 5.74) is 4.54. The average molecular weight is 464 g/mol. The highest BCUT2D eigenvalue weighted by Gasteiger charge is 2.37. The first-order valence-corrected chi connectivity index (χ1v) is 13.1. The van der Waals surface area contributed by atoms with Crippen molar-refractivity contribution in [1.82, 2.24) is 15.3 Å². The van der Waals surface area contributed by atoms with Crippen LogP contribution in [0.1, 0.15) is 38.7 Å². The number of sulfone groups is 1. The minimum Gasteiger partial charge on any atom is -0.473 e. The third-order valence-corrected chi connectivity index (χ3v) is 8.47. The summed E-state index contributed by atoms with van der Waals surface area (Å²) in [6, 6.07) is 13.4. The molecule has 1 fully saturated rings. The number of benzene rings is 2. The number of ether oxygens (including phenoxy) is 1. The number of hydrogen-bond donors (Lipinski definition) is 2. The van der Waals surface area contributed by atoms with Gasteiger partial charge in [-0.3, -0.25) is 5.32 Å². The number of rotatable bonds is 8. The zero-order valence-corrected chi connectivity index (χ0v) is 20.0. The van der Waals surface area contributed by atoms with Gasteiger partial charge in [-0.2, -0.15) is 0 Å². The van der Waals surface area contributed by atoms with E-state index in [0.717, 1.165) is 70.2 Å². The second kappa shape index (κ2) is 8.47. The Morgan fingerprint density at radius 2 is 2.00 bits per heavy atom. The number of aromatic nitrogens is 2. The molecule has 1 unspecified atom stereocenters. The molecule has 0 aliphatic heterocycles. The summed E-state index contributed by atoms with van der Waals surface area (Å²) in [7, 11) is -3.27. The third-order valence-electron chi connectivity index (χ3n) is 6.21. The third kappa shape index (κ3) is 4.00. The van der Waals surface area contributed by atoms with Crippen molar-refractivity contribution in [3.63, 3.8) is 0 Å². The van der Waals surface area contributed by atoms with Gasteiger partial charge in [0.15, 0.2) is 9.84 Å². The van der Waals surface area contributed by atoms with E-state index in [1.807, 2.05) is 37.4 Å². The molecule has 0 bridgehead atoms. The van der Waals surface area contributed by atoms with Crippen LogP contribution >= 0.6 is 0 Å². The lowest BCUT2D eigenvalue weighted by atomic mass is 9.99. The molecule has 5 rings (SSSR count). The van der Waals surface area contributed by atoms with Crippen LogP contribution in [-0.4, -0.2) is 36.4 Å². The van der Waals surface area contributed by atoms with Crippen LogP contribution < -0.4 is 10.1 Å². The number of nitrogens with one attached hydrogen (secondary N) is 2. The molecule has 4 aromatic rings. The summed E-state index contributed by atoms with van der Waals surface area (Å²) < 4.78 is 32.1. The van der Waals surface area contributed by atoms with Gasteiger partial charge < -0.3 is 9.72 Å². The quantitative estimate of drug-likeness (QED) is 0.344. The lowest BCUT2D eigenvalue weighted by Gasteiger charge is -2.19. The Morgan fingerprint density at radius 3 is 2.73 bits per heavy atom. The molecule has 7 heteroatoms. The van der Waals surface area contributed by atoms with Gasteiger partial charge in [-0.05, 0) is 79.8 Å². The van der Waals surface area contributed by atoms with E-state index in [1.54, 1.807) is 12.1 Å². The van der Waals surface area contributed by atoms with Gasteiger partial charge in [-0.1, -0.05) is 26.0 Å². The Morgan fingerprint density at radius 1 is 1.18 bits per heavy atom. The van der Waals surface area contributed by atoms with E-state index < -0.39 is 9.84 Å². The van der Waals surface area contributed by atoms with Gasteiger partial charge in [-0.15, -0.1) is 0 Å². The maximum atomic E-state index is 12.9. The van der Waals surface area contributed by atoms with Gasteiger partial charge in [-0.25, -0.2) is 13.4 Å². The van der Waals surface area contributed by atoms with Crippen LogP contribution in [0, 0.1) is 6.92 Å². The fourth-order valence-electron chi connectivity index (χ4n) is 4.37. The van der Waals surface area contributed by atoms with Gasteiger partial charge in [0.05, 0.1) is 15.7 Å². The molecule has 1 aliphatic rings. The van der Waals surface area contributed by atoms with Crippen molar-refractivity contribution in [2.45, 2.75) is 56.4 Å². The van der Waals surface area contributed by atoms with E-state index in [4.69, 9.17) is 4.74 Å². The van der Waals surface area contributed by atoms with Crippen LogP contribution in [0.15, 0.2) is 53.6 Å². The van der Waals surface area contributed by atoms with E-state index in [-0.39, 0.29) is 11.5 Å². The lowest BCUT2D eigenvalue weighted by Crippen LogP contribution is -2.33. The zero-order valence-electron chi connectivity index (χ0n) is 19.2. The summed E-state index contributed by atoms with van der Waals surface area (Å²) in [6.07, 6.45) is 4.07. The first-order chi connectivity index (χ1) is 15.9. The van der Waals surface area contributed by atoms with Gasteiger partial charge in [0, 0.05) is 17.0 Å². The average Bonchev–Trinajstić information content (AvgIpc) is 3.61. The highest BCUT2D eigenvalue weighted by molar-refractivity contribution is 7.92. The number of nitrogens with zero attached hydrogens (tertiary/aromatic N) is 1. The van der Waals surface area contributed by atoms with Gasteiger partial charge in [0.25, 0.3) is 0 Å². The molecule has 0 saturated heterocycles. The van der Waals surface area contributed by atoms with Gasteiger partial charge >= 0.3 is 0 Å². The predicted molar refractivity (Wildman–Crippen MR) is 132 cm³/mol. The molecular weight excluding hydrogens is 434 g/mol. The Labute approximate surface area is 194 Å². The highest BCUT2D eigenvalue weighted by Crippen LogP contribution is 2.41. The van der Waals surface area contributed by atoms with Crippen LogP contribution in [0.2, 0.25) is 0 Å². The Balaban J connectivity index is 1.71. The number of fused-ring (bicyclic) bond motifs is 3. The molecule has 2 aromatic heterocycles. The number of pyridine rings is 1. The fraction of sp³-hybridized carbons (Fsp3) is 0.346. The molecule has 6 nitrogen and oxygen atoms in total. The van der Waals surface area contributed by atoms with E-state index in [1.165, 1.54) is 0 Å². The smallest absolute Gasteiger partial charge is 0.181 e. The molecule has 0 spiro atoms. The summed E-state index contributed by atoms with van der Waals surface area (Å²) in [5, 5.41) is 5.11. The Bertz CT molecular complexity index is 1440. The highest BCUT2D eigenvalue weighted by atomic mass is 32.2. The van der Waals surface area contributed by atoms with Crippen LogP contribution in [0.4, 0.5) is 0 Å². The summed E-state index contributed by atoms with van der Waals surface area (Å²) >= 11 is 0. The van der Waals surface area contributed by atoms with Crippen molar-refractivity contribution >= 4 is 31.8 Å². The van der Waals surface area contributed by atoms with Crippen LogP contribution in [0.5, 0.6) is 5.75 Å². The predicted octanol–water partition coefficient (Wildman–Crippen LogP) is 5.35. The van der Waals surface area contributed by atoms with Crippen molar-refractivity contribution in [3.05, 3.63) is 54.2 Å². The van der Waals surface area contributed by atoms with Crippen molar-refractivity contribution in [2.24, 2.45) is 0 Å². The standard InChI is InChI=1S/C26H29N3O3S/c1-4-23(27-5-2)32-22-12-11-20(24-21-13-16(3)15-28-26(21)29-25(22)24)17-7-6-8-19(14-17)33(30,31)18-9-10-18/h6-8,11-15,18,23,27H,4-5,9-10H2,1-3H3,(H,28,29). The largest absolute Gasteiger partial charge is 0.473 e. The molecular formula is C26H29N3O3S. The topological polar surface area (TPSA) is 84.1 Å². The van der Waals surface area contributed by atoms with Crippen molar-refractivity contribution in [1.29, 1.82) is 0 Å². The molecule has 0 radical (unpaired) electrons. The lowest BCUT2D eigenvalue weighted by molar-refractivity contribution is 0.164. The zero-order chi connectivity index (χ0) is 23.2. The minimum absolute atomic E-state index is 0.0998. The normalized spacial score (nSPS) is 15.2. The maximum Gasteiger partial charge on any atom is 0.181 e. The summed E-state index contributed by atoms with van der Waals surface area (Å²) in [4.78, 5) is 8.43. The molecule has 172 valence electrons. The van der Waals surface area contributed by atoms with Crippen LogP contribution in [-0.2, 0) is 9.84 Å². The van der Waals surface area contributed by atoms with Crippen molar-refractivity contribution < 1.29 is 13.2 Å².